The van der Waals surface area contributed by atoms with Crippen molar-refractivity contribution >= 4 is 15.8 Å². The van der Waals surface area contributed by atoms with Gasteiger partial charge in [0.15, 0.2) is 0 Å². The number of rotatable bonds is 6. The molecule has 0 unspecified atom stereocenters. The van der Waals surface area contributed by atoms with E-state index in [1.807, 2.05) is 13.8 Å². The Labute approximate surface area is 166 Å². The van der Waals surface area contributed by atoms with Crippen LogP contribution in [0, 0.1) is 22.6 Å². The van der Waals surface area contributed by atoms with Gasteiger partial charge in [-0.15, -0.1) is 0 Å². The Morgan fingerprint density at radius 1 is 1.25 bits per heavy atom. The lowest BCUT2D eigenvalue weighted by Crippen LogP contribution is -2.47. The number of fused-ring (bicyclic) bond motifs is 2. The molecule has 3 aliphatic rings. The molecule has 1 saturated heterocycles. The minimum atomic E-state index is -3.75. The highest BCUT2D eigenvalue weighted by Gasteiger charge is 2.65. The lowest BCUT2D eigenvalue weighted by Gasteiger charge is -2.37. The maximum Gasteiger partial charge on any atom is 0.213 e. The number of carbonyl (C=O) groups is 1. The number of ketones is 1. The van der Waals surface area contributed by atoms with Gasteiger partial charge in [0.1, 0.15) is 11.6 Å². The molecule has 4 atom stereocenters. The van der Waals surface area contributed by atoms with Crippen LogP contribution in [0.2, 0.25) is 0 Å². The second-order valence-corrected chi connectivity index (χ2v) is 10.9. The third-order valence-corrected chi connectivity index (χ3v) is 8.93. The normalized spacial score (nSPS) is 32.8. The number of nitrogens with one attached hydrogen (secondary N) is 1. The lowest BCUT2D eigenvalue weighted by atomic mass is 9.70. The Morgan fingerprint density at radius 3 is 2.50 bits per heavy atom. The third-order valence-electron chi connectivity index (χ3n) is 7.45. The van der Waals surface area contributed by atoms with E-state index in [4.69, 9.17) is 4.74 Å². The average molecular weight is 410 g/mol. The van der Waals surface area contributed by atoms with Crippen molar-refractivity contribution < 1.29 is 22.3 Å². The average Bonchev–Trinajstić information content (AvgIpc) is 3.27. The van der Waals surface area contributed by atoms with Crippen LogP contribution in [0.15, 0.2) is 24.3 Å². The van der Waals surface area contributed by atoms with Crippen molar-refractivity contribution in [3.8, 4) is 0 Å². The van der Waals surface area contributed by atoms with E-state index in [2.05, 4.69) is 4.72 Å². The monoisotopic (exact) mass is 409 g/mol. The van der Waals surface area contributed by atoms with Crippen LogP contribution in [0.4, 0.5) is 4.39 Å². The molecule has 1 heterocycles. The maximum absolute atomic E-state index is 13.4. The van der Waals surface area contributed by atoms with Crippen LogP contribution in [0.25, 0.3) is 0 Å². The Balaban J connectivity index is 1.61. The van der Waals surface area contributed by atoms with Gasteiger partial charge in [-0.05, 0) is 54.7 Å². The van der Waals surface area contributed by atoms with Gasteiger partial charge in [0.25, 0.3) is 0 Å². The van der Waals surface area contributed by atoms with Gasteiger partial charge in [0.2, 0.25) is 10.0 Å². The van der Waals surface area contributed by atoms with Gasteiger partial charge < -0.3 is 4.74 Å². The first kappa shape index (κ1) is 20.0. The van der Waals surface area contributed by atoms with Crippen LogP contribution in [0.1, 0.15) is 57.6 Å². The standard InChI is InChI=1S/C21H28FNO4S/c1-20(2)15-9-10-21(20,18(24)12-15)13-28(25,26)23-19(17-4-3-11-27-17)14-5-7-16(22)8-6-14/h5-8,15,17,19,23H,3-4,9-13H2,1-2H3/t15-,17-,19-,21+/m0/s1. The molecule has 2 aliphatic carbocycles. The van der Waals surface area contributed by atoms with E-state index in [0.29, 0.717) is 25.0 Å². The number of Topliss-reactive ketones (excluding diaryl/α,β-unsaturated/α-hetero) is 1. The first-order valence-electron chi connectivity index (χ1n) is 10.0. The summed E-state index contributed by atoms with van der Waals surface area (Å²) in [5.41, 5.74) is -0.447. The minimum absolute atomic E-state index is 0.0783. The fourth-order valence-electron chi connectivity index (χ4n) is 5.56. The van der Waals surface area contributed by atoms with E-state index in [0.717, 1.165) is 19.3 Å². The lowest BCUT2D eigenvalue weighted by molar-refractivity contribution is -0.128. The summed E-state index contributed by atoms with van der Waals surface area (Å²) >= 11 is 0. The van der Waals surface area contributed by atoms with Gasteiger partial charge >= 0.3 is 0 Å². The van der Waals surface area contributed by atoms with E-state index >= 15 is 0 Å². The molecule has 1 N–H and O–H groups in total. The number of hydrogen-bond donors (Lipinski definition) is 1. The number of carbonyl (C=O) groups excluding carboxylic acids is 1. The van der Waals surface area contributed by atoms with E-state index < -0.39 is 21.5 Å². The minimum Gasteiger partial charge on any atom is -0.376 e. The molecule has 28 heavy (non-hydrogen) atoms. The van der Waals surface area contributed by atoms with Gasteiger partial charge in [-0.25, -0.2) is 17.5 Å². The van der Waals surface area contributed by atoms with Crippen molar-refractivity contribution in [1.82, 2.24) is 4.72 Å². The van der Waals surface area contributed by atoms with E-state index in [9.17, 15) is 17.6 Å². The molecule has 0 spiro atoms. The number of benzene rings is 1. The van der Waals surface area contributed by atoms with Gasteiger partial charge in [-0.3, -0.25) is 4.79 Å². The fraction of sp³-hybridized carbons (Fsp3) is 0.667. The second kappa shape index (κ2) is 6.89. The van der Waals surface area contributed by atoms with E-state index in [1.54, 1.807) is 12.1 Å². The highest BCUT2D eigenvalue weighted by atomic mass is 32.2. The van der Waals surface area contributed by atoms with Crippen LogP contribution in [-0.2, 0) is 19.6 Å². The molecule has 1 aliphatic heterocycles. The molecule has 2 bridgehead atoms. The quantitative estimate of drug-likeness (QED) is 0.782. The zero-order valence-corrected chi connectivity index (χ0v) is 17.2. The predicted octanol–water partition coefficient (Wildman–Crippen LogP) is 3.36. The topological polar surface area (TPSA) is 72.5 Å². The smallest absolute Gasteiger partial charge is 0.213 e. The molecule has 154 valence electrons. The Hall–Kier alpha value is -1.31. The fourth-order valence-corrected chi connectivity index (χ4v) is 7.65. The number of halogens is 1. The SMILES string of the molecule is CC1(C)[C@H]2CC[C@@]1(CS(=O)(=O)N[C@@H](c1ccc(F)cc1)[C@@H]1CCCO1)C(=O)C2. The summed E-state index contributed by atoms with van der Waals surface area (Å²) in [4.78, 5) is 12.7. The van der Waals surface area contributed by atoms with E-state index in [1.165, 1.54) is 12.1 Å². The van der Waals surface area contributed by atoms with Crippen LogP contribution in [-0.4, -0.2) is 32.7 Å². The second-order valence-electron chi connectivity index (χ2n) is 9.12. The van der Waals surface area contributed by atoms with Crippen molar-refractivity contribution in [3.63, 3.8) is 0 Å². The number of sulfonamides is 1. The van der Waals surface area contributed by atoms with Crippen LogP contribution in [0.5, 0.6) is 0 Å². The summed E-state index contributed by atoms with van der Waals surface area (Å²) in [6, 6.07) is 5.27. The molecular weight excluding hydrogens is 381 g/mol. The van der Waals surface area contributed by atoms with Gasteiger partial charge in [-0.2, -0.15) is 0 Å². The first-order valence-corrected chi connectivity index (χ1v) is 11.7. The van der Waals surface area contributed by atoms with Gasteiger partial charge in [0.05, 0.1) is 17.9 Å². The molecule has 1 aromatic rings. The Bertz CT molecular complexity index is 861. The molecule has 7 heteroatoms. The van der Waals surface area contributed by atoms with Crippen molar-refractivity contribution in [3.05, 3.63) is 35.6 Å². The highest BCUT2D eigenvalue weighted by Crippen LogP contribution is 2.64. The van der Waals surface area contributed by atoms with Gasteiger partial charge in [-0.1, -0.05) is 26.0 Å². The zero-order chi connectivity index (χ0) is 20.2. The summed E-state index contributed by atoms with van der Waals surface area (Å²) in [7, 11) is -3.75. The Morgan fingerprint density at radius 2 is 1.96 bits per heavy atom. The largest absolute Gasteiger partial charge is 0.376 e. The number of hydrogen-bond acceptors (Lipinski definition) is 4. The molecule has 0 aromatic heterocycles. The summed E-state index contributed by atoms with van der Waals surface area (Å²) in [5, 5.41) is 0. The third kappa shape index (κ3) is 3.21. The van der Waals surface area contributed by atoms with E-state index in [-0.39, 0.29) is 34.8 Å². The molecule has 1 aromatic carbocycles. The summed E-state index contributed by atoms with van der Waals surface area (Å²) in [6.07, 6.45) is 3.33. The van der Waals surface area contributed by atoms with Crippen molar-refractivity contribution in [2.75, 3.05) is 12.4 Å². The van der Waals surface area contributed by atoms with Gasteiger partial charge in [0, 0.05) is 18.4 Å². The molecule has 3 fully saturated rings. The maximum atomic E-state index is 13.4. The molecule has 4 rings (SSSR count). The summed E-state index contributed by atoms with van der Waals surface area (Å²) in [5.74, 6) is -0.213. The molecule has 5 nitrogen and oxygen atoms in total. The molecule has 0 amide bonds. The predicted molar refractivity (Wildman–Crippen MR) is 104 cm³/mol. The molecule has 2 saturated carbocycles. The van der Waals surface area contributed by atoms with Crippen molar-refractivity contribution in [2.45, 2.75) is 58.1 Å². The molecule has 0 radical (unpaired) electrons. The number of ether oxygens (including phenoxy) is 1. The summed E-state index contributed by atoms with van der Waals surface area (Å²) < 4.78 is 48.3. The Kier molecular flexibility index (Phi) is 4.91. The highest BCUT2D eigenvalue weighted by molar-refractivity contribution is 7.89. The van der Waals surface area contributed by atoms with Crippen LogP contribution in [0.3, 0.4) is 0 Å². The molecular formula is C21H28FNO4S. The van der Waals surface area contributed by atoms with Crippen LogP contribution < -0.4 is 4.72 Å². The zero-order valence-electron chi connectivity index (χ0n) is 16.4. The summed E-state index contributed by atoms with van der Waals surface area (Å²) in [6.45, 7) is 4.65. The van der Waals surface area contributed by atoms with Crippen LogP contribution >= 0.6 is 0 Å². The van der Waals surface area contributed by atoms with Crippen molar-refractivity contribution in [2.24, 2.45) is 16.7 Å². The van der Waals surface area contributed by atoms with Crippen molar-refractivity contribution in [1.29, 1.82) is 0 Å². The first-order chi connectivity index (χ1) is 13.1.